The number of anilines is 2. The summed E-state index contributed by atoms with van der Waals surface area (Å²) >= 11 is 1.37. The molecule has 6 nitrogen and oxygen atoms in total. The Balaban J connectivity index is 1.60. The van der Waals surface area contributed by atoms with E-state index in [0.717, 1.165) is 4.90 Å². The highest BCUT2D eigenvalue weighted by Gasteiger charge is 2.30. The van der Waals surface area contributed by atoms with E-state index in [2.05, 4.69) is 5.32 Å². The van der Waals surface area contributed by atoms with Gasteiger partial charge in [-0.25, -0.2) is 4.79 Å². The number of thioether (sulfide) groups is 1. The number of esters is 1. The van der Waals surface area contributed by atoms with E-state index in [1.54, 1.807) is 29.7 Å². The fourth-order valence-electron chi connectivity index (χ4n) is 2.58. The quantitative estimate of drug-likeness (QED) is 0.488. The van der Waals surface area contributed by atoms with Gasteiger partial charge in [-0.15, -0.1) is 0 Å². The minimum atomic E-state index is -1.01. The van der Waals surface area contributed by atoms with Gasteiger partial charge >= 0.3 is 5.97 Å². The standard InChI is InChI=1S/C20H18N2O4S/c1-14(26-19(24)11-12-27-15-7-3-2-4-8-15)20(25)22-13-18(23)21-16-9-5-6-10-17(16)22/h2-12,14H,13H2,1H3,(H,21,23)/b12-11+/t14-/m0/s1. The lowest BCUT2D eigenvalue weighted by Crippen LogP contribution is -2.46. The number of nitrogens with zero attached hydrogens (tertiary/aromatic N) is 1. The van der Waals surface area contributed by atoms with Crippen LogP contribution in [0.2, 0.25) is 0 Å². The van der Waals surface area contributed by atoms with Crippen molar-refractivity contribution in [2.75, 3.05) is 16.8 Å². The second kappa shape index (κ2) is 8.55. The molecule has 0 aromatic heterocycles. The number of amides is 2. The smallest absolute Gasteiger partial charge is 0.332 e. The van der Waals surface area contributed by atoms with E-state index < -0.39 is 18.0 Å². The van der Waals surface area contributed by atoms with Gasteiger partial charge in [-0.05, 0) is 36.6 Å². The third-order valence-electron chi connectivity index (χ3n) is 3.83. The number of carbonyl (C=O) groups is 3. The van der Waals surface area contributed by atoms with Crippen LogP contribution in [0.15, 0.2) is 71.0 Å². The van der Waals surface area contributed by atoms with Crippen LogP contribution < -0.4 is 10.2 Å². The van der Waals surface area contributed by atoms with Gasteiger partial charge in [0.05, 0.1) is 11.4 Å². The predicted octanol–water partition coefficient (Wildman–Crippen LogP) is 3.21. The van der Waals surface area contributed by atoms with Gasteiger partial charge in [0.2, 0.25) is 5.91 Å². The number of rotatable bonds is 5. The highest BCUT2D eigenvalue weighted by atomic mass is 32.2. The molecular formula is C20H18N2O4S. The molecule has 2 aromatic carbocycles. The number of nitrogens with one attached hydrogen (secondary N) is 1. The van der Waals surface area contributed by atoms with E-state index in [9.17, 15) is 14.4 Å². The Bertz CT molecular complexity index is 883. The van der Waals surface area contributed by atoms with Gasteiger partial charge in [-0.1, -0.05) is 42.1 Å². The molecule has 0 saturated heterocycles. The van der Waals surface area contributed by atoms with Crippen LogP contribution in [-0.4, -0.2) is 30.4 Å². The van der Waals surface area contributed by atoms with Crippen molar-refractivity contribution in [2.45, 2.75) is 17.9 Å². The zero-order chi connectivity index (χ0) is 19.2. The summed E-state index contributed by atoms with van der Waals surface area (Å²) in [5.41, 5.74) is 1.14. The number of para-hydroxylation sites is 2. The van der Waals surface area contributed by atoms with Crippen LogP contribution in [0, 0.1) is 0 Å². The summed E-state index contributed by atoms with van der Waals surface area (Å²) < 4.78 is 5.19. The van der Waals surface area contributed by atoms with Crippen LogP contribution in [0.3, 0.4) is 0 Å². The number of fused-ring (bicyclic) bond motifs is 1. The molecule has 138 valence electrons. The van der Waals surface area contributed by atoms with Gasteiger partial charge in [0.25, 0.3) is 5.91 Å². The van der Waals surface area contributed by atoms with Crippen LogP contribution in [0.1, 0.15) is 6.92 Å². The summed E-state index contributed by atoms with van der Waals surface area (Å²) in [6.07, 6.45) is 0.265. The molecule has 27 heavy (non-hydrogen) atoms. The molecule has 0 bridgehead atoms. The topological polar surface area (TPSA) is 75.7 Å². The minimum Gasteiger partial charge on any atom is -0.449 e. The average molecular weight is 382 g/mol. The fraction of sp³-hybridized carbons (Fsp3) is 0.150. The lowest BCUT2D eigenvalue weighted by molar-refractivity contribution is -0.149. The van der Waals surface area contributed by atoms with E-state index >= 15 is 0 Å². The van der Waals surface area contributed by atoms with E-state index in [1.165, 1.54) is 29.7 Å². The molecule has 0 spiro atoms. The van der Waals surface area contributed by atoms with Crippen molar-refractivity contribution in [2.24, 2.45) is 0 Å². The number of hydrogen-bond donors (Lipinski definition) is 1. The molecule has 0 saturated carbocycles. The van der Waals surface area contributed by atoms with Crippen LogP contribution in [0.25, 0.3) is 0 Å². The molecule has 3 rings (SSSR count). The second-order valence-electron chi connectivity index (χ2n) is 5.80. The number of benzene rings is 2. The molecule has 1 atom stereocenters. The van der Waals surface area contributed by atoms with Gasteiger partial charge in [0.1, 0.15) is 6.54 Å². The lowest BCUT2D eigenvalue weighted by Gasteiger charge is -2.30. The molecule has 1 heterocycles. The van der Waals surface area contributed by atoms with Gasteiger partial charge in [-0.3, -0.25) is 14.5 Å². The van der Waals surface area contributed by atoms with Crippen LogP contribution in [0.4, 0.5) is 11.4 Å². The predicted molar refractivity (Wildman–Crippen MR) is 104 cm³/mol. The van der Waals surface area contributed by atoms with E-state index in [-0.39, 0.29) is 12.5 Å². The van der Waals surface area contributed by atoms with Crippen molar-refractivity contribution >= 4 is 40.9 Å². The average Bonchev–Trinajstić information content (AvgIpc) is 2.67. The molecule has 0 fully saturated rings. The highest BCUT2D eigenvalue weighted by Crippen LogP contribution is 2.29. The van der Waals surface area contributed by atoms with Crippen LogP contribution in [-0.2, 0) is 19.1 Å². The summed E-state index contributed by atoms with van der Waals surface area (Å²) in [4.78, 5) is 38.8. The molecule has 2 aromatic rings. The molecule has 1 aliphatic rings. The zero-order valence-corrected chi connectivity index (χ0v) is 15.4. The number of ether oxygens (including phenoxy) is 1. The summed E-state index contributed by atoms with van der Waals surface area (Å²) in [7, 11) is 0. The summed E-state index contributed by atoms with van der Waals surface area (Å²) in [6, 6.07) is 16.6. The Hall–Kier alpha value is -3.06. The second-order valence-corrected chi connectivity index (χ2v) is 6.78. The Morgan fingerprint density at radius 3 is 2.63 bits per heavy atom. The lowest BCUT2D eigenvalue weighted by atomic mass is 10.1. The molecule has 1 aliphatic heterocycles. The maximum atomic E-state index is 12.7. The number of carbonyl (C=O) groups excluding carboxylic acids is 3. The van der Waals surface area contributed by atoms with Gasteiger partial charge < -0.3 is 10.1 Å². The zero-order valence-electron chi connectivity index (χ0n) is 14.6. The third kappa shape index (κ3) is 4.77. The van der Waals surface area contributed by atoms with Crippen molar-refractivity contribution in [3.05, 3.63) is 66.1 Å². The maximum Gasteiger partial charge on any atom is 0.332 e. The van der Waals surface area contributed by atoms with Crippen LogP contribution in [0.5, 0.6) is 0 Å². The monoisotopic (exact) mass is 382 g/mol. The van der Waals surface area contributed by atoms with Gasteiger partial charge in [0.15, 0.2) is 6.10 Å². The first-order chi connectivity index (χ1) is 13.0. The minimum absolute atomic E-state index is 0.114. The molecule has 7 heteroatoms. The van der Waals surface area contributed by atoms with E-state index in [4.69, 9.17) is 4.74 Å². The highest BCUT2D eigenvalue weighted by molar-refractivity contribution is 8.02. The molecule has 0 aliphatic carbocycles. The van der Waals surface area contributed by atoms with Crippen molar-refractivity contribution in [1.82, 2.24) is 0 Å². The Labute approximate surface area is 161 Å². The Morgan fingerprint density at radius 1 is 1.15 bits per heavy atom. The number of hydrogen-bond acceptors (Lipinski definition) is 5. The van der Waals surface area contributed by atoms with Crippen molar-refractivity contribution < 1.29 is 19.1 Å². The van der Waals surface area contributed by atoms with Gasteiger partial charge in [0, 0.05) is 11.0 Å². The third-order valence-corrected chi connectivity index (χ3v) is 4.65. The van der Waals surface area contributed by atoms with Crippen molar-refractivity contribution in [1.29, 1.82) is 0 Å². The molecular weight excluding hydrogens is 364 g/mol. The van der Waals surface area contributed by atoms with Crippen molar-refractivity contribution in [3.8, 4) is 0 Å². The first-order valence-electron chi connectivity index (χ1n) is 8.34. The van der Waals surface area contributed by atoms with Gasteiger partial charge in [-0.2, -0.15) is 0 Å². The Morgan fingerprint density at radius 2 is 1.85 bits per heavy atom. The summed E-state index contributed by atoms with van der Waals surface area (Å²) in [5, 5.41) is 4.32. The Kier molecular flexibility index (Phi) is 5.93. The summed E-state index contributed by atoms with van der Waals surface area (Å²) in [6.45, 7) is 1.38. The molecule has 2 amide bonds. The SMILES string of the molecule is C[C@H](OC(=O)/C=C/Sc1ccccc1)C(=O)N1CC(=O)Nc2ccccc21. The van der Waals surface area contributed by atoms with Crippen molar-refractivity contribution in [3.63, 3.8) is 0 Å². The van der Waals surface area contributed by atoms with Crippen LogP contribution >= 0.6 is 11.8 Å². The summed E-state index contributed by atoms with van der Waals surface area (Å²) in [5.74, 6) is -1.36. The first-order valence-corrected chi connectivity index (χ1v) is 9.21. The first kappa shape index (κ1) is 18.7. The van der Waals surface area contributed by atoms with E-state index in [1.807, 2.05) is 30.3 Å². The largest absolute Gasteiger partial charge is 0.449 e. The van der Waals surface area contributed by atoms with E-state index in [0.29, 0.717) is 11.4 Å². The normalized spacial score (nSPS) is 14.4. The fourth-order valence-corrected chi connectivity index (χ4v) is 3.23. The molecule has 0 radical (unpaired) electrons. The molecule has 0 unspecified atom stereocenters. The molecule has 1 N–H and O–H groups in total. The maximum absolute atomic E-state index is 12.7.